The molecule has 3 rings (SSSR count). The number of benzene rings is 1. The van der Waals surface area contributed by atoms with Crippen LogP contribution in [0.2, 0.25) is 0 Å². The Morgan fingerprint density at radius 2 is 1.88 bits per heavy atom. The van der Waals surface area contributed by atoms with E-state index in [2.05, 4.69) is 75.4 Å². The van der Waals surface area contributed by atoms with Crippen LogP contribution < -0.4 is 11.1 Å². The first-order chi connectivity index (χ1) is 11.7. The van der Waals surface area contributed by atoms with Gasteiger partial charge in [0.25, 0.3) is 0 Å². The molecule has 0 fully saturated rings. The van der Waals surface area contributed by atoms with Crippen LogP contribution in [0.3, 0.4) is 0 Å². The van der Waals surface area contributed by atoms with Crippen LogP contribution in [0.15, 0.2) is 35.9 Å². The summed E-state index contributed by atoms with van der Waals surface area (Å²) >= 11 is 0. The number of nitrogens with one attached hydrogen (secondary N) is 1. The fourth-order valence-corrected chi connectivity index (χ4v) is 2.96. The van der Waals surface area contributed by atoms with E-state index in [1.807, 2.05) is 6.07 Å². The minimum atomic E-state index is -0.261. The number of anilines is 1. The molecular weight excluding hydrogens is 310 g/mol. The van der Waals surface area contributed by atoms with Crippen LogP contribution in [0.1, 0.15) is 63.4 Å². The molecule has 2 aromatic rings. The first-order valence-electron chi connectivity index (χ1n) is 8.59. The van der Waals surface area contributed by atoms with Crippen molar-refractivity contribution in [2.75, 3.05) is 5.32 Å². The molecule has 5 heteroatoms. The molecule has 0 bridgehead atoms. The second-order valence-corrected chi connectivity index (χ2v) is 7.89. The average molecular weight is 335 g/mol. The van der Waals surface area contributed by atoms with Crippen molar-refractivity contribution in [3.8, 4) is 6.07 Å². The summed E-state index contributed by atoms with van der Waals surface area (Å²) < 4.78 is 1.64. The lowest BCUT2D eigenvalue weighted by Crippen LogP contribution is -2.26. The maximum Gasteiger partial charge on any atom is 0.143 e. The quantitative estimate of drug-likeness (QED) is 0.865. The van der Waals surface area contributed by atoms with E-state index in [-0.39, 0.29) is 11.5 Å². The molecule has 3 N–H and O–H groups in total. The predicted molar refractivity (Wildman–Crippen MR) is 101 cm³/mol. The number of hydrogen-bond donors (Lipinski definition) is 2. The zero-order valence-corrected chi connectivity index (χ0v) is 15.5. The number of aromatic nitrogens is 2. The van der Waals surface area contributed by atoms with Gasteiger partial charge in [0.15, 0.2) is 0 Å². The van der Waals surface area contributed by atoms with Crippen molar-refractivity contribution in [3.05, 3.63) is 52.7 Å². The van der Waals surface area contributed by atoms with Gasteiger partial charge in [0.2, 0.25) is 0 Å². The van der Waals surface area contributed by atoms with Gasteiger partial charge in [0.1, 0.15) is 17.7 Å². The van der Waals surface area contributed by atoms with Crippen LogP contribution in [0.5, 0.6) is 0 Å². The first-order valence-corrected chi connectivity index (χ1v) is 8.59. The Morgan fingerprint density at radius 1 is 1.24 bits per heavy atom. The Morgan fingerprint density at radius 3 is 2.40 bits per heavy atom. The van der Waals surface area contributed by atoms with E-state index in [9.17, 15) is 5.26 Å². The Kier molecular flexibility index (Phi) is 4.08. The van der Waals surface area contributed by atoms with Crippen molar-refractivity contribution in [2.45, 2.75) is 52.0 Å². The van der Waals surface area contributed by atoms with Gasteiger partial charge in [-0.05, 0) is 17.0 Å². The van der Waals surface area contributed by atoms with E-state index in [1.54, 1.807) is 4.68 Å². The number of fused-ring (bicyclic) bond motifs is 1. The number of hydrogen-bond acceptors (Lipinski definition) is 4. The van der Waals surface area contributed by atoms with Crippen LogP contribution in [-0.4, -0.2) is 9.78 Å². The summed E-state index contributed by atoms with van der Waals surface area (Å²) in [5, 5.41) is 17.7. The highest BCUT2D eigenvalue weighted by molar-refractivity contribution is 5.67. The van der Waals surface area contributed by atoms with Crippen molar-refractivity contribution in [3.63, 3.8) is 0 Å². The lowest BCUT2D eigenvalue weighted by Gasteiger charge is -2.26. The van der Waals surface area contributed by atoms with E-state index in [1.165, 1.54) is 5.56 Å². The lowest BCUT2D eigenvalue weighted by molar-refractivity contribution is 0.560. The molecule has 0 radical (unpaired) electrons. The Labute approximate surface area is 149 Å². The Balaban J connectivity index is 2.04. The SMILES string of the molecule is CC(C)c1ccc(C2Nc3cc(C(C)(C)C)nn3C(N)=C2C#N)cc1. The molecule has 130 valence electrons. The Bertz CT molecular complexity index is 857. The van der Waals surface area contributed by atoms with Crippen molar-refractivity contribution in [1.29, 1.82) is 5.26 Å². The monoisotopic (exact) mass is 335 g/mol. The lowest BCUT2D eigenvalue weighted by atomic mass is 9.92. The van der Waals surface area contributed by atoms with Crippen molar-refractivity contribution in [1.82, 2.24) is 9.78 Å². The van der Waals surface area contributed by atoms with Crippen LogP contribution >= 0.6 is 0 Å². The smallest absolute Gasteiger partial charge is 0.143 e. The predicted octanol–water partition coefficient (Wildman–Crippen LogP) is 4.12. The van der Waals surface area contributed by atoms with Gasteiger partial charge in [-0.25, -0.2) is 4.68 Å². The molecule has 1 atom stereocenters. The first kappa shape index (κ1) is 17.1. The van der Waals surface area contributed by atoms with Gasteiger partial charge < -0.3 is 11.1 Å². The van der Waals surface area contributed by atoms with Gasteiger partial charge in [-0.3, -0.25) is 0 Å². The molecule has 2 heterocycles. The largest absolute Gasteiger partial charge is 0.383 e. The van der Waals surface area contributed by atoms with Crippen LogP contribution in [0, 0.1) is 11.3 Å². The number of nitrogens with two attached hydrogens (primary N) is 1. The highest BCUT2D eigenvalue weighted by atomic mass is 15.4. The maximum atomic E-state index is 9.66. The molecule has 25 heavy (non-hydrogen) atoms. The van der Waals surface area contributed by atoms with Crippen LogP contribution in [0.25, 0.3) is 5.82 Å². The van der Waals surface area contributed by atoms with E-state index in [0.717, 1.165) is 17.1 Å². The van der Waals surface area contributed by atoms with Crippen LogP contribution in [-0.2, 0) is 5.41 Å². The molecule has 1 unspecified atom stereocenters. The molecule has 0 aliphatic carbocycles. The molecule has 0 saturated carbocycles. The van der Waals surface area contributed by atoms with Crippen molar-refractivity contribution in [2.24, 2.45) is 5.73 Å². The van der Waals surface area contributed by atoms with Crippen LogP contribution in [0.4, 0.5) is 5.82 Å². The van der Waals surface area contributed by atoms with E-state index in [4.69, 9.17) is 5.73 Å². The van der Waals surface area contributed by atoms with Crippen molar-refractivity contribution < 1.29 is 0 Å². The second kappa shape index (κ2) is 5.96. The number of rotatable bonds is 2. The average Bonchev–Trinajstić information content (AvgIpc) is 2.99. The van der Waals surface area contributed by atoms with Gasteiger partial charge in [0, 0.05) is 11.5 Å². The summed E-state index contributed by atoms with van der Waals surface area (Å²) in [6, 6.07) is 12.4. The highest BCUT2D eigenvalue weighted by Crippen LogP contribution is 2.36. The highest BCUT2D eigenvalue weighted by Gasteiger charge is 2.30. The summed E-state index contributed by atoms with van der Waals surface area (Å²) in [6.45, 7) is 10.6. The topological polar surface area (TPSA) is 79.7 Å². The molecular formula is C20H25N5. The standard InChI is InChI=1S/C20H25N5/c1-12(2)13-6-8-14(9-7-13)18-15(11-21)19(22)25-17(23-18)10-16(24-25)20(3,4)5/h6-10,12,18,23H,22H2,1-5H3. The molecule has 1 aromatic heterocycles. The normalized spacial score (nSPS) is 17.2. The Hall–Kier alpha value is -2.74. The zero-order valence-electron chi connectivity index (χ0n) is 15.5. The molecule has 5 nitrogen and oxygen atoms in total. The van der Waals surface area contributed by atoms with Gasteiger partial charge >= 0.3 is 0 Å². The molecule has 1 aliphatic heterocycles. The minimum Gasteiger partial charge on any atom is -0.383 e. The van der Waals surface area contributed by atoms with Gasteiger partial charge in [0.05, 0.1) is 17.3 Å². The molecule has 1 aromatic carbocycles. The van der Waals surface area contributed by atoms with E-state index in [0.29, 0.717) is 17.3 Å². The fraction of sp³-hybridized carbons (Fsp3) is 0.400. The third kappa shape index (κ3) is 3.00. The van der Waals surface area contributed by atoms with Crippen molar-refractivity contribution >= 4 is 11.6 Å². The summed E-state index contributed by atoms with van der Waals surface area (Å²) in [7, 11) is 0. The van der Waals surface area contributed by atoms with E-state index < -0.39 is 0 Å². The molecule has 0 amide bonds. The van der Waals surface area contributed by atoms with Gasteiger partial charge in [-0.15, -0.1) is 0 Å². The maximum absolute atomic E-state index is 9.66. The minimum absolute atomic E-state index is 0.0898. The number of nitriles is 1. The molecule has 0 saturated heterocycles. The second-order valence-electron chi connectivity index (χ2n) is 7.89. The summed E-state index contributed by atoms with van der Waals surface area (Å²) in [5.74, 6) is 1.68. The molecule has 0 spiro atoms. The number of nitrogens with zero attached hydrogens (tertiary/aromatic N) is 3. The fourth-order valence-electron chi connectivity index (χ4n) is 2.96. The summed E-state index contributed by atoms with van der Waals surface area (Å²) in [5.41, 5.74) is 9.92. The van der Waals surface area contributed by atoms with Gasteiger partial charge in [-0.1, -0.05) is 58.9 Å². The molecule has 1 aliphatic rings. The summed E-state index contributed by atoms with van der Waals surface area (Å²) in [4.78, 5) is 0. The van der Waals surface area contributed by atoms with E-state index >= 15 is 0 Å². The third-order valence-corrected chi connectivity index (χ3v) is 4.62. The van der Waals surface area contributed by atoms with Gasteiger partial charge in [-0.2, -0.15) is 10.4 Å². The summed E-state index contributed by atoms with van der Waals surface area (Å²) in [6.07, 6.45) is 0. The zero-order chi connectivity index (χ0) is 18.4. The third-order valence-electron chi connectivity index (χ3n) is 4.62.